The Labute approximate surface area is 273 Å². The Kier molecular flexibility index (Phi) is 5.74. The molecular weight excluding hydrogens is 595 g/mol. The van der Waals surface area contributed by atoms with Crippen LogP contribution in [0, 0.1) is 0 Å². The molecule has 6 aromatic carbocycles. The van der Waals surface area contributed by atoms with Gasteiger partial charge in [0.1, 0.15) is 6.33 Å². The first-order valence-corrected chi connectivity index (χ1v) is 16.5. The minimum Gasteiger partial charge on any atom is -0.309 e. The third kappa shape index (κ3) is 4.08. The van der Waals surface area contributed by atoms with Crippen molar-refractivity contribution in [2.24, 2.45) is 4.99 Å². The highest BCUT2D eigenvalue weighted by Crippen LogP contribution is 2.44. The highest BCUT2D eigenvalue weighted by molar-refractivity contribution is 7.26. The van der Waals surface area contributed by atoms with Gasteiger partial charge in [0.05, 0.1) is 22.9 Å². The Morgan fingerprint density at radius 2 is 1.30 bits per heavy atom. The van der Waals surface area contributed by atoms with Crippen LogP contribution >= 0.6 is 11.3 Å². The predicted molar refractivity (Wildman–Crippen MR) is 193 cm³/mol. The summed E-state index contributed by atoms with van der Waals surface area (Å²) < 4.78 is 4.94. The standard InChI is InChI=1S/C41H25N5S/c1-3-9-25(10-4-1)40-43-24-44-41(45-40)27-15-18-35-32(22-27)38-36(46(35)28-11-5-2-6-12-28)19-17-30-31-21-26(16-20-37(31)47-39(30)38)33-23-42-34-14-8-7-13-29(33)34/h1-22,24H,23H2. The van der Waals surface area contributed by atoms with Crippen molar-refractivity contribution in [3.05, 3.63) is 156 Å². The molecule has 0 unspecified atom stereocenters. The van der Waals surface area contributed by atoms with Crippen LogP contribution in [0.5, 0.6) is 0 Å². The summed E-state index contributed by atoms with van der Waals surface area (Å²) >= 11 is 1.87. The lowest BCUT2D eigenvalue weighted by Gasteiger charge is -2.08. The van der Waals surface area contributed by atoms with Crippen molar-refractivity contribution in [2.45, 2.75) is 0 Å². The number of thiophene rings is 1. The van der Waals surface area contributed by atoms with Crippen molar-refractivity contribution in [1.82, 2.24) is 19.5 Å². The first kappa shape index (κ1) is 26.3. The number of para-hydroxylation sites is 2. The van der Waals surface area contributed by atoms with E-state index in [2.05, 4.69) is 118 Å². The predicted octanol–water partition coefficient (Wildman–Crippen LogP) is 8.50. The van der Waals surface area contributed by atoms with E-state index in [1.807, 2.05) is 41.7 Å². The highest BCUT2D eigenvalue weighted by Gasteiger charge is 2.20. The van der Waals surface area contributed by atoms with Crippen molar-refractivity contribution in [3.8, 4) is 28.5 Å². The quantitative estimate of drug-likeness (QED) is 0.199. The molecule has 0 amide bonds. The molecule has 10 rings (SSSR count). The highest BCUT2D eigenvalue weighted by atomic mass is 32.1. The molecule has 47 heavy (non-hydrogen) atoms. The van der Waals surface area contributed by atoms with Crippen LogP contribution in [0.2, 0.25) is 0 Å². The van der Waals surface area contributed by atoms with Crippen molar-refractivity contribution >= 4 is 58.9 Å². The van der Waals surface area contributed by atoms with E-state index in [1.54, 1.807) is 6.33 Å². The van der Waals surface area contributed by atoms with E-state index >= 15 is 0 Å². The van der Waals surface area contributed by atoms with Gasteiger partial charge in [0, 0.05) is 53.0 Å². The second-order valence-electron chi connectivity index (χ2n) is 11.9. The van der Waals surface area contributed by atoms with Crippen molar-refractivity contribution in [2.75, 3.05) is 6.54 Å². The summed E-state index contributed by atoms with van der Waals surface area (Å²) in [5, 5.41) is 7.30. The molecule has 0 N–H and O–H groups in total. The first-order valence-electron chi connectivity index (χ1n) is 15.7. The average Bonchev–Trinajstić information content (AvgIpc) is 3.83. The maximum atomic E-state index is 4.89. The molecule has 9 aromatic rings. The van der Waals surface area contributed by atoms with Crippen LogP contribution in [-0.2, 0) is 0 Å². The van der Waals surface area contributed by atoms with E-state index in [0.29, 0.717) is 18.2 Å². The minimum atomic E-state index is 0.661. The Morgan fingerprint density at radius 1 is 0.574 bits per heavy atom. The lowest BCUT2D eigenvalue weighted by Crippen LogP contribution is -2.22. The van der Waals surface area contributed by atoms with Crippen LogP contribution < -0.4 is 10.6 Å². The number of hydrogen-bond acceptors (Lipinski definition) is 5. The van der Waals surface area contributed by atoms with Crippen LogP contribution in [0.4, 0.5) is 0 Å². The number of hydrogen-bond donors (Lipinski definition) is 0. The normalized spacial score (nSPS) is 12.7. The maximum Gasteiger partial charge on any atom is 0.163 e. The molecule has 4 heterocycles. The summed E-state index contributed by atoms with van der Waals surface area (Å²) in [6, 6.07) is 47.2. The van der Waals surface area contributed by atoms with Crippen molar-refractivity contribution < 1.29 is 0 Å². The summed E-state index contributed by atoms with van der Waals surface area (Å²) in [6.45, 7) is 0.716. The Bertz CT molecular complexity index is 2820. The minimum absolute atomic E-state index is 0.661. The maximum absolute atomic E-state index is 4.89. The van der Waals surface area contributed by atoms with Gasteiger partial charge in [-0.1, -0.05) is 78.9 Å². The Morgan fingerprint density at radius 3 is 2.17 bits per heavy atom. The van der Waals surface area contributed by atoms with Crippen LogP contribution in [-0.4, -0.2) is 26.1 Å². The van der Waals surface area contributed by atoms with Gasteiger partial charge >= 0.3 is 0 Å². The van der Waals surface area contributed by atoms with Gasteiger partial charge in [0.25, 0.3) is 0 Å². The zero-order valence-corrected chi connectivity index (χ0v) is 25.9. The first-order chi connectivity index (χ1) is 23.3. The van der Waals surface area contributed by atoms with Gasteiger partial charge in [-0.2, -0.15) is 0 Å². The molecule has 1 aliphatic rings. The second-order valence-corrected chi connectivity index (χ2v) is 12.9. The van der Waals surface area contributed by atoms with E-state index in [4.69, 9.17) is 9.98 Å². The molecule has 220 valence electrons. The molecule has 0 bridgehead atoms. The second kappa shape index (κ2) is 10.3. The summed E-state index contributed by atoms with van der Waals surface area (Å²) in [5.41, 5.74) is 7.93. The van der Waals surface area contributed by atoms with E-state index in [9.17, 15) is 0 Å². The fourth-order valence-electron chi connectivity index (χ4n) is 7.04. The number of fused-ring (bicyclic) bond motifs is 8. The van der Waals surface area contributed by atoms with Crippen LogP contribution in [0.1, 0.15) is 5.56 Å². The van der Waals surface area contributed by atoms with Crippen molar-refractivity contribution in [1.29, 1.82) is 0 Å². The summed E-state index contributed by atoms with van der Waals surface area (Å²) in [7, 11) is 0. The molecule has 1 aliphatic heterocycles. The van der Waals surface area contributed by atoms with Gasteiger partial charge in [-0.05, 0) is 65.7 Å². The monoisotopic (exact) mass is 619 g/mol. The third-order valence-corrected chi connectivity index (χ3v) is 10.4. The molecule has 0 aliphatic carbocycles. The van der Waals surface area contributed by atoms with E-state index in [1.165, 1.54) is 52.8 Å². The molecule has 5 nitrogen and oxygen atoms in total. The van der Waals surface area contributed by atoms with Crippen LogP contribution in [0.25, 0.3) is 76.0 Å². The molecule has 6 heteroatoms. The number of nitrogens with zero attached hydrogens (tertiary/aromatic N) is 5. The number of benzene rings is 6. The molecule has 0 saturated carbocycles. The molecule has 0 radical (unpaired) electrons. The molecule has 0 fully saturated rings. The molecule has 0 spiro atoms. The fourth-order valence-corrected chi connectivity index (χ4v) is 8.28. The lowest BCUT2D eigenvalue weighted by molar-refractivity contribution is 1.07. The largest absolute Gasteiger partial charge is 0.309 e. The van der Waals surface area contributed by atoms with Crippen LogP contribution in [0.15, 0.2) is 145 Å². The summed E-state index contributed by atoms with van der Waals surface area (Å²) in [5.74, 6) is 1.33. The molecule has 3 aromatic heterocycles. The summed E-state index contributed by atoms with van der Waals surface area (Å²) in [4.78, 5) is 18.8. The van der Waals surface area contributed by atoms with Gasteiger partial charge in [-0.3, -0.25) is 4.99 Å². The number of aromatic nitrogens is 4. The van der Waals surface area contributed by atoms with Gasteiger partial charge in [-0.15, -0.1) is 11.3 Å². The van der Waals surface area contributed by atoms with E-state index in [-0.39, 0.29) is 0 Å². The molecule has 0 atom stereocenters. The fraction of sp³-hybridized carbons (Fsp3) is 0.0244. The topological polar surface area (TPSA) is 56.0 Å². The lowest BCUT2D eigenvalue weighted by atomic mass is 10.0. The zero-order chi connectivity index (χ0) is 30.9. The smallest absolute Gasteiger partial charge is 0.163 e. The van der Waals surface area contributed by atoms with E-state index in [0.717, 1.165) is 27.7 Å². The van der Waals surface area contributed by atoms with Crippen LogP contribution in [0.3, 0.4) is 0 Å². The van der Waals surface area contributed by atoms with Crippen molar-refractivity contribution in [3.63, 3.8) is 0 Å². The Hall–Kier alpha value is -5.98. The third-order valence-electron chi connectivity index (χ3n) is 9.23. The van der Waals surface area contributed by atoms with Gasteiger partial charge in [0.2, 0.25) is 0 Å². The van der Waals surface area contributed by atoms with Gasteiger partial charge in [0.15, 0.2) is 11.6 Å². The van der Waals surface area contributed by atoms with Gasteiger partial charge < -0.3 is 4.57 Å². The van der Waals surface area contributed by atoms with Gasteiger partial charge in [-0.25, -0.2) is 15.0 Å². The van der Waals surface area contributed by atoms with E-state index < -0.39 is 0 Å². The Balaban J connectivity index is 1.23. The average molecular weight is 620 g/mol. The number of rotatable bonds is 4. The summed E-state index contributed by atoms with van der Waals surface area (Å²) in [6.07, 6.45) is 1.61. The SMILES string of the molecule is c1ccc(-c2ncnc(-c3ccc4c(c3)c3c5sc6ccc(C7=c8ccccc8=NC7)cc6c5ccc3n4-c3ccccc3)n2)cc1. The molecular formula is C41H25N5S. The zero-order valence-electron chi connectivity index (χ0n) is 25.1. The molecule has 0 saturated heterocycles.